The van der Waals surface area contributed by atoms with Gasteiger partial charge in [0.25, 0.3) is 0 Å². The molecule has 0 spiro atoms. The number of rotatable bonds is 0. The number of fused-ring (bicyclic) bond motifs is 1. The van der Waals surface area contributed by atoms with Crippen molar-refractivity contribution in [2.24, 2.45) is 0 Å². The van der Waals surface area contributed by atoms with Gasteiger partial charge in [0.2, 0.25) is 0 Å². The zero-order chi connectivity index (χ0) is 13.5. The van der Waals surface area contributed by atoms with Crippen LogP contribution in [-0.4, -0.2) is 21.5 Å². The van der Waals surface area contributed by atoms with Crippen LogP contribution in [0.5, 0.6) is 0 Å². The monoisotopic (exact) mass is 330 g/mol. The third-order valence-corrected chi connectivity index (χ3v) is 2.89. The average molecular weight is 332 g/mol. The van der Waals surface area contributed by atoms with Crippen LogP contribution in [0.2, 0.25) is 5.02 Å². The summed E-state index contributed by atoms with van der Waals surface area (Å²) in [6.07, 6.45) is 1.04. The molecular formula is C12H12BrClN2O2. The summed E-state index contributed by atoms with van der Waals surface area (Å²) in [7, 11) is 0. The Morgan fingerprint density at radius 3 is 2.72 bits per heavy atom. The van der Waals surface area contributed by atoms with Gasteiger partial charge in [0, 0.05) is 9.86 Å². The Morgan fingerprint density at radius 1 is 1.44 bits per heavy atom. The van der Waals surface area contributed by atoms with E-state index in [1.807, 2.05) is 6.07 Å². The lowest BCUT2D eigenvalue weighted by molar-refractivity contribution is 0.0523. The summed E-state index contributed by atoms with van der Waals surface area (Å²) in [5.41, 5.74) is -0.0221. The summed E-state index contributed by atoms with van der Waals surface area (Å²) in [4.78, 5) is 12.0. The highest BCUT2D eigenvalue weighted by atomic mass is 79.9. The van der Waals surface area contributed by atoms with Crippen molar-refractivity contribution in [3.05, 3.63) is 27.8 Å². The normalized spacial score (nSPS) is 11.8. The molecule has 1 heterocycles. The van der Waals surface area contributed by atoms with E-state index in [1.165, 1.54) is 4.68 Å². The number of benzene rings is 1. The Balaban J connectivity index is 2.50. The van der Waals surface area contributed by atoms with Gasteiger partial charge in [-0.3, -0.25) is 0 Å². The number of ether oxygens (including phenoxy) is 1. The Hall–Kier alpha value is -1.07. The average Bonchev–Trinajstić information content (AvgIpc) is 2.58. The van der Waals surface area contributed by atoms with Gasteiger partial charge < -0.3 is 4.74 Å². The molecule has 4 nitrogen and oxygen atoms in total. The first-order valence-electron chi connectivity index (χ1n) is 5.34. The molecule has 18 heavy (non-hydrogen) atoms. The van der Waals surface area contributed by atoms with Crippen LogP contribution in [-0.2, 0) is 4.74 Å². The van der Waals surface area contributed by atoms with Gasteiger partial charge in [0.05, 0.1) is 16.7 Å². The van der Waals surface area contributed by atoms with Gasteiger partial charge in [-0.2, -0.15) is 9.78 Å². The summed E-state index contributed by atoms with van der Waals surface area (Å²) < 4.78 is 7.28. The molecule has 0 bridgehead atoms. The van der Waals surface area contributed by atoms with E-state index in [0.29, 0.717) is 10.5 Å². The van der Waals surface area contributed by atoms with E-state index < -0.39 is 11.7 Å². The Kier molecular flexibility index (Phi) is 3.38. The molecule has 2 aromatic rings. The first kappa shape index (κ1) is 13.4. The minimum Gasteiger partial charge on any atom is -0.442 e. The second-order valence-electron chi connectivity index (χ2n) is 4.86. The maximum atomic E-state index is 12.0. The molecule has 0 aliphatic heterocycles. The zero-order valence-electron chi connectivity index (χ0n) is 10.2. The van der Waals surface area contributed by atoms with Crippen molar-refractivity contribution < 1.29 is 9.53 Å². The summed E-state index contributed by atoms with van der Waals surface area (Å²) >= 11 is 9.47. The summed E-state index contributed by atoms with van der Waals surface area (Å²) in [5.74, 6) is 0. The highest BCUT2D eigenvalue weighted by Gasteiger charge is 2.21. The number of carbonyl (C=O) groups is 1. The predicted octanol–water partition coefficient (Wildman–Crippen LogP) is 4.24. The van der Waals surface area contributed by atoms with Crippen LogP contribution in [0.15, 0.2) is 22.8 Å². The fourth-order valence-corrected chi connectivity index (χ4v) is 2.44. The molecule has 6 heteroatoms. The molecule has 0 aliphatic carbocycles. The van der Waals surface area contributed by atoms with Crippen molar-refractivity contribution in [3.8, 4) is 0 Å². The Labute approximate surface area is 118 Å². The maximum absolute atomic E-state index is 12.0. The lowest BCUT2D eigenvalue weighted by Crippen LogP contribution is -2.27. The number of carbonyl (C=O) groups excluding carboxylic acids is 1. The smallest absolute Gasteiger partial charge is 0.435 e. The summed E-state index contributed by atoms with van der Waals surface area (Å²) in [6.45, 7) is 5.40. The second kappa shape index (κ2) is 4.55. The molecular weight excluding hydrogens is 320 g/mol. The lowest BCUT2D eigenvalue weighted by Gasteiger charge is -2.19. The quantitative estimate of drug-likeness (QED) is 0.725. The van der Waals surface area contributed by atoms with Crippen LogP contribution in [0.3, 0.4) is 0 Å². The van der Waals surface area contributed by atoms with Gasteiger partial charge >= 0.3 is 6.09 Å². The largest absolute Gasteiger partial charge is 0.442 e. The number of nitrogens with zero attached hydrogens (tertiary/aromatic N) is 2. The van der Waals surface area contributed by atoms with Crippen LogP contribution < -0.4 is 0 Å². The zero-order valence-corrected chi connectivity index (χ0v) is 12.5. The van der Waals surface area contributed by atoms with Gasteiger partial charge in [-0.15, -0.1) is 0 Å². The fraction of sp³-hybridized carbons (Fsp3) is 0.333. The Bertz CT molecular complexity index is 616. The topological polar surface area (TPSA) is 44.1 Å². The first-order valence-corrected chi connectivity index (χ1v) is 6.51. The van der Waals surface area contributed by atoms with Crippen LogP contribution in [0.4, 0.5) is 4.79 Å². The molecule has 1 aromatic heterocycles. The SMILES string of the molecule is CC(C)(C)OC(=O)n1ncc2cc(Br)cc(Cl)c21. The molecule has 0 N–H and O–H groups in total. The minimum atomic E-state index is -0.572. The van der Waals surface area contributed by atoms with Gasteiger partial charge in [-0.25, -0.2) is 4.79 Å². The van der Waals surface area contributed by atoms with Gasteiger partial charge in [-0.05, 0) is 32.9 Å². The van der Waals surface area contributed by atoms with Crippen LogP contribution in [0.25, 0.3) is 10.9 Å². The minimum absolute atomic E-state index is 0.447. The van der Waals surface area contributed by atoms with Crippen molar-refractivity contribution in [3.63, 3.8) is 0 Å². The number of halogens is 2. The number of hydrogen-bond donors (Lipinski definition) is 0. The van der Waals surface area contributed by atoms with E-state index in [1.54, 1.807) is 33.0 Å². The fourth-order valence-electron chi connectivity index (χ4n) is 1.53. The van der Waals surface area contributed by atoms with Crippen molar-refractivity contribution >= 4 is 44.5 Å². The molecule has 0 atom stereocenters. The highest BCUT2D eigenvalue weighted by Crippen LogP contribution is 2.28. The van der Waals surface area contributed by atoms with Gasteiger partial charge in [0.15, 0.2) is 0 Å². The molecule has 0 unspecified atom stereocenters. The third kappa shape index (κ3) is 2.67. The van der Waals surface area contributed by atoms with Crippen LogP contribution >= 0.6 is 27.5 Å². The molecule has 2 rings (SSSR count). The maximum Gasteiger partial charge on any atom is 0.435 e. The van der Waals surface area contributed by atoms with Crippen LogP contribution in [0.1, 0.15) is 20.8 Å². The molecule has 1 aromatic carbocycles. The summed E-state index contributed by atoms with van der Waals surface area (Å²) in [6, 6.07) is 3.56. The molecule has 0 radical (unpaired) electrons. The molecule has 0 amide bonds. The van der Waals surface area contributed by atoms with Gasteiger partial charge in [0.1, 0.15) is 5.60 Å². The predicted molar refractivity (Wildman–Crippen MR) is 74.1 cm³/mol. The molecule has 0 aliphatic rings. The molecule has 96 valence electrons. The van der Waals surface area contributed by atoms with Crippen molar-refractivity contribution in [1.29, 1.82) is 0 Å². The van der Waals surface area contributed by atoms with Gasteiger partial charge in [-0.1, -0.05) is 27.5 Å². The van der Waals surface area contributed by atoms with Crippen molar-refractivity contribution in [1.82, 2.24) is 9.78 Å². The van der Waals surface area contributed by atoms with E-state index in [0.717, 1.165) is 9.86 Å². The van der Waals surface area contributed by atoms with Crippen molar-refractivity contribution in [2.75, 3.05) is 0 Å². The molecule has 0 saturated heterocycles. The number of aromatic nitrogens is 2. The third-order valence-electron chi connectivity index (χ3n) is 2.15. The first-order chi connectivity index (χ1) is 8.28. The van der Waals surface area contributed by atoms with Crippen LogP contribution in [0, 0.1) is 0 Å². The second-order valence-corrected chi connectivity index (χ2v) is 6.19. The number of hydrogen-bond acceptors (Lipinski definition) is 3. The van der Waals surface area contributed by atoms with E-state index in [2.05, 4.69) is 21.0 Å². The molecule has 0 fully saturated rings. The van der Waals surface area contributed by atoms with Crippen molar-refractivity contribution in [2.45, 2.75) is 26.4 Å². The standard InChI is InChI=1S/C12H12BrClN2O2/c1-12(2,3)18-11(17)16-10-7(6-15-16)4-8(13)5-9(10)14/h4-6H,1-3H3. The Morgan fingerprint density at radius 2 is 2.11 bits per heavy atom. The molecule has 0 saturated carbocycles. The van der Waals surface area contributed by atoms with E-state index in [4.69, 9.17) is 16.3 Å². The highest BCUT2D eigenvalue weighted by molar-refractivity contribution is 9.10. The van der Waals surface area contributed by atoms with E-state index in [9.17, 15) is 4.79 Å². The van der Waals surface area contributed by atoms with E-state index in [-0.39, 0.29) is 0 Å². The van der Waals surface area contributed by atoms with E-state index >= 15 is 0 Å². The summed E-state index contributed by atoms with van der Waals surface area (Å²) in [5, 5.41) is 5.24. The lowest BCUT2D eigenvalue weighted by atomic mass is 10.2.